The van der Waals surface area contributed by atoms with Crippen LogP contribution >= 0.6 is 11.6 Å². The third-order valence-corrected chi connectivity index (χ3v) is 4.59. The van der Waals surface area contributed by atoms with Crippen molar-refractivity contribution in [1.29, 1.82) is 0 Å². The quantitative estimate of drug-likeness (QED) is 0.875. The normalized spacial score (nSPS) is 23.4. The number of amides is 2. The van der Waals surface area contributed by atoms with E-state index < -0.39 is 24.9 Å². The molecule has 1 atom stereocenters. The number of alkyl halides is 2. The fourth-order valence-corrected chi connectivity index (χ4v) is 3.23. The molecule has 2 fully saturated rings. The summed E-state index contributed by atoms with van der Waals surface area (Å²) in [5.74, 6) is -3.29. The van der Waals surface area contributed by atoms with Crippen LogP contribution in [-0.2, 0) is 4.79 Å². The Morgan fingerprint density at radius 3 is 2.42 bits per heavy atom. The first-order valence-electron chi connectivity index (χ1n) is 7.80. The average Bonchev–Trinajstić information content (AvgIpc) is 2.93. The van der Waals surface area contributed by atoms with E-state index in [4.69, 9.17) is 11.6 Å². The van der Waals surface area contributed by atoms with E-state index in [1.54, 1.807) is 34.1 Å². The molecule has 2 saturated heterocycles. The Bertz CT molecular complexity index is 648. The Morgan fingerprint density at radius 1 is 1.17 bits per heavy atom. The molecule has 24 heavy (non-hydrogen) atoms. The van der Waals surface area contributed by atoms with Gasteiger partial charge >= 0.3 is 0 Å². The highest BCUT2D eigenvalue weighted by Crippen LogP contribution is 2.26. The molecule has 0 spiro atoms. The van der Waals surface area contributed by atoms with E-state index in [0.717, 1.165) is 0 Å². The Morgan fingerprint density at radius 2 is 1.83 bits per heavy atom. The van der Waals surface area contributed by atoms with Crippen LogP contribution in [0.3, 0.4) is 0 Å². The average molecular weight is 358 g/mol. The number of benzene rings is 1. The van der Waals surface area contributed by atoms with E-state index in [0.29, 0.717) is 36.8 Å². The van der Waals surface area contributed by atoms with Crippen LogP contribution in [-0.4, -0.2) is 66.3 Å². The maximum absolute atomic E-state index is 13.2. The van der Waals surface area contributed by atoms with Crippen LogP contribution in [0.25, 0.3) is 0 Å². The second-order valence-electron chi connectivity index (χ2n) is 6.12. The largest absolute Gasteiger partial charge is 0.338 e. The number of piperazine rings is 1. The Kier molecular flexibility index (Phi) is 4.73. The number of nitrogens with one attached hydrogen (secondary N) is 1. The monoisotopic (exact) mass is 357 g/mol. The molecule has 2 aliphatic heterocycles. The third-order valence-electron chi connectivity index (χ3n) is 4.36. The first-order chi connectivity index (χ1) is 11.4. The molecular weight excluding hydrogens is 340 g/mol. The van der Waals surface area contributed by atoms with Crippen LogP contribution < -0.4 is 5.32 Å². The molecule has 2 aliphatic rings. The summed E-state index contributed by atoms with van der Waals surface area (Å²) in [4.78, 5) is 27.9. The predicted molar refractivity (Wildman–Crippen MR) is 85.3 cm³/mol. The summed E-state index contributed by atoms with van der Waals surface area (Å²) < 4.78 is 26.4. The number of carbonyl (C=O) groups excluding carboxylic acids is 2. The van der Waals surface area contributed by atoms with Gasteiger partial charge in [-0.1, -0.05) is 17.7 Å². The zero-order valence-electron chi connectivity index (χ0n) is 13.0. The number of carbonyl (C=O) groups is 2. The molecule has 0 aromatic heterocycles. The molecular formula is C16H18ClF2N3O2. The van der Waals surface area contributed by atoms with Crippen molar-refractivity contribution >= 4 is 23.4 Å². The lowest BCUT2D eigenvalue weighted by atomic mass is 10.1. The van der Waals surface area contributed by atoms with Crippen molar-refractivity contribution in [2.45, 2.75) is 18.4 Å². The minimum atomic E-state index is -2.83. The summed E-state index contributed by atoms with van der Waals surface area (Å²) in [6.07, 6.45) is -0.465. The molecule has 130 valence electrons. The molecule has 1 aromatic carbocycles. The van der Waals surface area contributed by atoms with Gasteiger partial charge in [0.25, 0.3) is 11.8 Å². The minimum absolute atomic E-state index is 0.143. The maximum Gasteiger partial charge on any atom is 0.262 e. The first-order valence-corrected chi connectivity index (χ1v) is 8.18. The smallest absolute Gasteiger partial charge is 0.262 e. The fourth-order valence-electron chi connectivity index (χ4n) is 3.04. The molecule has 8 heteroatoms. The summed E-state index contributed by atoms with van der Waals surface area (Å²) in [5.41, 5.74) is 0.499. The molecule has 2 heterocycles. The Hall–Kier alpha value is -1.73. The van der Waals surface area contributed by atoms with Crippen LogP contribution in [0.1, 0.15) is 16.8 Å². The van der Waals surface area contributed by atoms with Crippen molar-refractivity contribution in [2.24, 2.45) is 0 Å². The van der Waals surface area contributed by atoms with Gasteiger partial charge in [0, 0.05) is 43.2 Å². The van der Waals surface area contributed by atoms with Crippen molar-refractivity contribution in [3.8, 4) is 0 Å². The van der Waals surface area contributed by atoms with Crippen LogP contribution in [0.5, 0.6) is 0 Å². The molecule has 1 N–H and O–H groups in total. The molecule has 1 unspecified atom stereocenters. The molecule has 0 radical (unpaired) electrons. The SMILES string of the molecule is O=C(c1cccc(Cl)c1)N1CCN(C(=O)C2CC(F)(F)CN2)CC1. The minimum Gasteiger partial charge on any atom is -0.338 e. The topological polar surface area (TPSA) is 52.7 Å². The van der Waals surface area contributed by atoms with Gasteiger partial charge in [0.05, 0.1) is 12.6 Å². The highest BCUT2D eigenvalue weighted by molar-refractivity contribution is 6.30. The van der Waals surface area contributed by atoms with E-state index in [1.807, 2.05) is 0 Å². The van der Waals surface area contributed by atoms with E-state index >= 15 is 0 Å². The fraction of sp³-hybridized carbons (Fsp3) is 0.500. The van der Waals surface area contributed by atoms with Crippen LogP contribution in [0.4, 0.5) is 8.78 Å². The van der Waals surface area contributed by atoms with Crippen molar-refractivity contribution in [1.82, 2.24) is 15.1 Å². The maximum atomic E-state index is 13.2. The zero-order chi connectivity index (χ0) is 17.3. The second kappa shape index (κ2) is 6.64. The standard InChI is InChI=1S/C16H18ClF2N3O2/c17-12-3-1-2-11(8-12)14(23)21-4-6-22(7-5-21)15(24)13-9-16(18,19)10-20-13/h1-3,8,13,20H,4-7,9-10H2. The van der Waals surface area contributed by atoms with E-state index in [9.17, 15) is 18.4 Å². The number of nitrogens with zero attached hydrogens (tertiary/aromatic N) is 2. The molecule has 0 bridgehead atoms. The molecule has 3 rings (SSSR count). The first kappa shape index (κ1) is 17.1. The van der Waals surface area contributed by atoms with Crippen LogP contribution in [0.15, 0.2) is 24.3 Å². The lowest BCUT2D eigenvalue weighted by Crippen LogP contribution is -2.54. The van der Waals surface area contributed by atoms with Crippen molar-refractivity contribution in [3.63, 3.8) is 0 Å². The van der Waals surface area contributed by atoms with Gasteiger partial charge in [0.2, 0.25) is 5.91 Å². The summed E-state index contributed by atoms with van der Waals surface area (Å²) in [6.45, 7) is 0.973. The summed E-state index contributed by atoms with van der Waals surface area (Å²) in [5, 5.41) is 3.06. The number of hydrogen-bond donors (Lipinski definition) is 1. The summed E-state index contributed by atoms with van der Waals surface area (Å²) in [6, 6.07) is 5.86. The van der Waals surface area contributed by atoms with Crippen molar-refractivity contribution in [3.05, 3.63) is 34.9 Å². The highest BCUT2D eigenvalue weighted by atomic mass is 35.5. The van der Waals surface area contributed by atoms with Gasteiger partial charge in [-0.05, 0) is 18.2 Å². The van der Waals surface area contributed by atoms with Gasteiger partial charge in [-0.2, -0.15) is 0 Å². The van der Waals surface area contributed by atoms with Gasteiger partial charge in [-0.3, -0.25) is 14.9 Å². The van der Waals surface area contributed by atoms with Gasteiger partial charge in [-0.25, -0.2) is 8.78 Å². The lowest BCUT2D eigenvalue weighted by molar-refractivity contribution is -0.135. The molecule has 0 saturated carbocycles. The van der Waals surface area contributed by atoms with E-state index in [2.05, 4.69) is 5.32 Å². The van der Waals surface area contributed by atoms with E-state index in [1.165, 1.54) is 0 Å². The molecule has 5 nitrogen and oxygen atoms in total. The summed E-state index contributed by atoms with van der Waals surface area (Å²) in [7, 11) is 0. The number of halogens is 3. The Balaban J connectivity index is 1.56. The van der Waals surface area contributed by atoms with Crippen molar-refractivity contribution in [2.75, 3.05) is 32.7 Å². The number of rotatable bonds is 2. The lowest BCUT2D eigenvalue weighted by Gasteiger charge is -2.36. The van der Waals surface area contributed by atoms with Crippen LogP contribution in [0, 0.1) is 0 Å². The van der Waals surface area contributed by atoms with Gasteiger partial charge in [0.15, 0.2) is 0 Å². The van der Waals surface area contributed by atoms with Gasteiger partial charge < -0.3 is 9.80 Å². The highest BCUT2D eigenvalue weighted by Gasteiger charge is 2.43. The third kappa shape index (κ3) is 3.67. The van der Waals surface area contributed by atoms with Crippen LogP contribution in [0.2, 0.25) is 5.02 Å². The molecule has 2 amide bonds. The second-order valence-corrected chi connectivity index (χ2v) is 6.56. The number of hydrogen-bond acceptors (Lipinski definition) is 3. The molecule has 1 aromatic rings. The Labute approximate surface area is 143 Å². The van der Waals surface area contributed by atoms with Gasteiger partial charge in [-0.15, -0.1) is 0 Å². The summed E-state index contributed by atoms with van der Waals surface area (Å²) >= 11 is 5.90. The molecule has 0 aliphatic carbocycles. The van der Waals surface area contributed by atoms with E-state index in [-0.39, 0.29) is 11.8 Å². The van der Waals surface area contributed by atoms with Crippen molar-refractivity contribution < 1.29 is 18.4 Å². The zero-order valence-corrected chi connectivity index (χ0v) is 13.7. The van der Waals surface area contributed by atoms with Gasteiger partial charge in [0.1, 0.15) is 0 Å². The predicted octanol–water partition coefficient (Wildman–Crippen LogP) is 1.62.